The zero-order valence-corrected chi connectivity index (χ0v) is 14.3. The van der Waals surface area contributed by atoms with Gasteiger partial charge in [0.25, 0.3) is 0 Å². The van der Waals surface area contributed by atoms with E-state index >= 15 is 0 Å². The molecule has 124 valence electrons. The third-order valence-electron chi connectivity index (χ3n) is 3.86. The molecule has 0 radical (unpaired) electrons. The highest BCUT2D eigenvalue weighted by molar-refractivity contribution is 6.30. The quantitative estimate of drug-likeness (QED) is 0.608. The molecule has 3 aromatic heterocycles. The zero-order chi connectivity index (χ0) is 17.2. The molecule has 6 nitrogen and oxygen atoms in total. The van der Waals surface area contributed by atoms with Crippen LogP contribution in [-0.2, 0) is 13.6 Å². The largest absolute Gasteiger partial charge is 0.365 e. The number of pyridine rings is 1. The van der Waals surface area contributed by atoms with Gasteiger partial charge in [0.15, 0.2) is 11.5 Å². The van der Waals surface area contributed by atoms with E-state index in [1.165, 1.54) is 0 Å². The van der Waals surface area contributed by atoms with E-state index in [0.29, 0.717) is 12.4 Å². The first-order chi connectivity index (χ1) is 12.2. The number of nitrogens with zero attached hydrogens (tertiary/aromatic N) is 5. The molecule has 1 N–H and O–H groups in total. The first-order valence-electron chi connectivity index (χ1n) is 7.80. The van der Waals surface area contributed by atoms with Gasteiger partial charge in [-0.3, -0.25) is 9.67 Å². The van der Waals surface area contributed by atoms with Crippen molar-refractivity contribution in [2.24, 2.45) is 7.05 Å². The molecule has 0 atom stereocenters. The molecule has 0 amide bonds. The summed E-state index contributed by atoms with van der Waals surface area (Å²) in [6.45, 7) is 0.625. The third-order valence-corrected chi connectivity index (χ3v) is 4.11. The highest BCUT2D eigenvalue weighted by atomic mass is 35.5. The molecule has 4 rings (SSSR count). The van der Waals surface area contributed by atoms with Crippen LogP contribution in [0.2, 0.25) is 5.02 Å². The van der Waals surface area contributed by atoms with Crippen LogP contribution in [0.25, 0.3) is 22.6 Å². The van der Waals surface area contributed by atoms with E-state index in [4.69, 9.17) is 11.6 Å². The highest BCUT2D eigenvalue weighted by Gasteiger charge is 2.13. The normalized spacial score (nSPS) is 11.0. The Hall–Kier alpha value is -2.99. The van der Waals surface area contributed by atoms with Crippen LogP contribution in [0.5, 0.6) is 0 Å². The predicted molar refractivity (Wildman–Crippen MR) is 98.3 cm³/mol. The number of benzene rings is 1. The molecule has 25 heavy (non-hydrogen) atoms. The predicted octanol–water partition coefficient (Wildman–Crippen LogP) is 3.69. The molecule has 0 aliphatic rings. The van der Waals surface area contributed by atoms with Crippen LogP contribution in [0.4, 0.5) is 5.82 Å². The van der Waals surface area contributed by atoms with E-state index < -0.39 is 0 Å². The summed E-state index contributed by atoms with van der Waals surface area (Å²) in [5, 5.41) is 9.26. The molecular weight excluding hydrogens is 336 g/mol. The topological polar surface area (TPSA) is 68.5 Å². The van der Waals surface area contributed by atoms with Crippen LogP contribution in [0, 0.1) is 0 Å². The van der Waals surface area contributed by atoms with E-state index in [0.717, 1.165) is 33.1 Å². The van der Waals surface area contributed by atoms with E-state index in [1.54, 1.807) is 17.1 Å². The van der Waals surface area contributed by atoms with Gasteiger partial charge in [0.05, 0.1) is 11.6 Å². The summed E-state index contributed by atoms with van der Waals surface area (Å²) < 4.78 is 1.73. The summed E-state index contributed by atoms with van der Waals surface area (Å²) in [7, 11) is 1.86. The minimum atomic E-state index is 0.565. The number of hydrogen-bond donors (Lipinski definition) is 1. The maximum Gasteiger partial charge on any atom is 0.182 e. The summed E-state index contributed by atoms with van der Waals surface area (Å²) in [4.78, 5) is 13.6. The van der Waals surface area contributed by atoms with Crippen LogP contribution < -0.4 is 5.32 Å². The average molecular weight is 351 g/mol. The monoisotopic (exact) mass is 350 g/mol. The number of hydrogen-bond acceptors (Lipinski definition) is 5. The fourth-order valence-electron chi connectivity index (χ4n) is 2.55. The third kappa shape index (κ3) is 3.16. The Bertz CT molecular complexity index is 1010. The second-order valence-electron chi connectivity index (χ2n) is 5.60. The van der Waals surface area contributed by atoms with Crippen molar-refractivity contribution in [2.45, 2.75) is 6.54 Å². The Morgan fingerprint density at radius 2 is 1.92 bits per heavy atom. The highest BCUT2D eigenvalue weighted by Crippen LogP contribution is 2.24. The molecule has 0 bridgehead atoms. The molecule has 0 unspecified atom stereocenters. The van der Waals surface area contributed by atoms with Crippen molar-refractivity contribution in [3.05, 3.63) is 65.4 Å². The number of aromatic nitrogens is 5. The summed E-state index contributed by atoms with van der Waals surface area (Å²) in [5.41, 5.74) is 2.59. The van der Waals surface area contributed by atoms with Crippen molar-refractivity contribution in [2.75, 3.05) is 5.32 Å². The van der Waals surface area contributed by atoms with Gasteiger partial charge in [-0.2, -0.15) is 5.10 Å². The maximum absolute atomic E-state index is 5.94. The smallest absolute Gasteiger partial charge is 0.182 e. The Morgan fingerprint density at radius 3 is 2.68 bits per heavy atom. The fourth-order valence-corrected chi connectivity index (χ4v) is 2.68. The zero-order valence-electron chi connectivity index (χ0n) is 13.5. The van der Waals surface area contributed by atoms with Crippen LogP contribution in [0.1, 0.15) is 5.56 Å². The molecular formula is C18H15ClN6. The number of rotatable bonds is 4. The molecule has 0 saturated carbocycles. The molecule has 7 heteroatoms. The van der Waals surface area contributed by atoms with Crippen LogP contribution in [0.15, 0.2) is 54.9 Å². The first-order valence-corrected chi connectivity index (χ1v) is 8.18. The summed E-state index contributed by atoms with van der Waals surface area (Å²) in [6, 6.07) is 13.4. The lowest BCUT2D eigenvalue weighted by Crippen LogP contribution is -2.05. The van der Waals surface area contributed by atoms with Gasteiger partial charge in [-0.25, -0.2) is 9.97 Å². The summed E-state index contributed by atoms with van der Waals surface area (Å²) in [6.07, 6.45) is 3.49. The molecule has 0 aliphatic carbocycles. The van der Waals surface area contributed by atoms with Crippen molar-refractivity contribution in [1.82, 2.24) is 24.7 Å². The van der Waals surface area contributed by atoms with Gasteiger partial charge in [0.1, 0.15) is 11.5 Å². The van der Waals surface area contributed by atoms with Gasteiger partial charge in [0, 0.05) is 24.8 Å². The standard InChI is InChI=1S/C18H15ClN6/c1-25-18-14(11-22-25)16(21-10-12-5-7-13(19)8-6-12)23-17(24-18)15-4-2-3-9-20-15/h2-9,11H,10H2,1H3,(H,21,23,24). The van der Waals surface area contributed by atoms with Crippen molar-refractivity contribution in [3.63, 3.8) is 0 Å². The number of aryl methyl sites for hydroxylation is 1. The number of fused-ring (bicyclic) bond motifs is 1. The minimum Gasteiger partial charge on any atom is -0.365 e. The Kier molecular flexibility index (Phi) is 4.03. The molecule has 0 fully saturated rings. The van der Waals surface area contributed by atoms with E-state index in [9.17, 15) is 0 Å². The summed E-state index contributed by atoms with van der Waals surface area (Å²) >= 11 is 5.94. The lowest BCUT2D eigenvalue weighted by Gasteiger charge is -2.09. The molecule has 4 aromatic rings. The molecule has 3 heterocycles. The van der Waals surface area contributed by atoms with Crippen molar-refractivity contribution >= 4 is 28.5 Å². The Labute approximate surface area is 149 Å². The number of anilines is 1. The average Bonchev–Trinajstić information content (AvgIpc) is 3.03. The van der Waals surface area contributed by atoms with Crippen molar-refractivity contribution < 1.29 is 0 Å². The van der Waals surface area contributed by atoms with Crippen molar-refractivity contribution in [1.29, 1.82) is 0 Å². The Balaban J connectivity index is 1.72. The van der Waals surface area contributed by atoms with Gasteiger partial charge < -0.3 is 5.32 Å². The Morgan fingerprint density at radius 1 is 1.08 bits per heavy atom. The van der Waals surface area contributed by atoms with Crippen LogP contribution in [0.3, 0.4) is 0 Å². The van der Waals surface area contributed by atoms with E-state index in [-0.39, 0.29) is 0 Å². The number of nitrogens with one attached hydrogen (secondary N) is 1. The van der Waals surface area contributed by atoms with Gasteiger partial charge in [-0.05, 0) is 29.8 Å². The first kappa shape index (κ1) is 15.5. The lowest BCUT2D eigenvalue weighted by atomic mass is 10.2. The fraction of sp³-hybridized carbons (Fsp3) is 0.111. The minimum absolute atomic E-state index is 0.565. The second-order valence-corrected chi connectivity index (χ2v) is 6.03. The molecule has 1 aromatic carbocycles. The lowest BCUT2D eigenvalue weighted by molar-refractivity contribution is 0.785. The van der Waals surface area contributed by atoms with Gasteiger partial charge in [-0.15, -0.1) is 0 Å². The van der Waals surface area contributed by atoms with Crippen LogP contribution >= 0.6 is 11.6 Å². The van der Waals surface area contributed by atoms with Gasteiger partial charge in [0.2, 0.25) is 0 Å². The van der Waals surface area contributed by atoms with E-state index in [2.05, 4.69) is 25.4 Å². The molecule has 0 spiro atoms. The molecule has 0 aliphatic heterocycles. The number of halogens is 1. The summed E-state index contributed by atoms with van der Waals surface area (Å²) in [5.74, 6) is 1.30. The maximum atomic E-state index is 5.94. The molecule has 0 saturated heterocycles. The van der Waals surface area contributed by atoms with Gasteiger partial charge in [-0.1, -0.05) is 29.8 Å². The van der Waals surface area contributed by atoms with Crippen molar-refractivity contribution in [3.8, 4) is 11.5 Å². The SMILES string of the molecule is Cn1ncc2c(NCc3ccc(Cl)cc3)nc(-c3ccccn3)nc21. The van der Waals surface area contributed by atoms with E-state index in [1.807, 2.05) is 49.5 Å². The van der Waals surface area contributed by atoms with Crippen LogP contribution in [-0.4, -0.2) is 24.7 Å². The van der Waals surface area contributed by atoms with Gasteiger partial charge >= 0.3 is 0 Å². The second kappa shape index (κ2) is 6.49.